The summed E-state index contributed by atoms with van der Waals surface area (Å²) in [5, 5.41) is 19.4. The fraction of sp³-hybridized carbons (Fsp3) is 0.636. The molecule has 9 heteroatoms. The van der Waals surface area contributed by atoms with Gasteiger partial charge in [0.25, 0.3) is 0 Å². The van der Waals surface area contributed by atoms with E-state index in [2.05, 4.69) is 10.1 Å². The summed E-state index contributed by atoms with van der Waals surface area (Å²) in [5.41, 5.74) is 0. The molecule has 20 heavy (non-hydrogen) atoms. The number of carboxylic acid groups (broad SMARTS) is 2. The van der Waals surface area contributed by atoms with E-state index in [0.29, 0.717) is 0 Å². The third-order valence-corrected chi connectivity index (χ3v) is 2.28. The largest absolute Gasteiger partial charge is 0.481 e. The van der Waals surface area contributed by atoms with E-state index < -0.39 is 36.4 Å². The number of hydrogen-bond donors (Lipinski definition) is 3. The first-order valence-corrected chi connectivity index (χ1v) is 5.89. The van der Waals surface area contributed by atoms with Crippen molar-refractivity contribution in [3.8, 4) is 0 Å². The van der Waals surface area contributed by atoms with Crippen molar-refractivity contribution in [1.29, 1.82) is 0 Å². The second-order valence-corrected chi connectivity index (χ2v) is 3.91. The maximum atomic E-state index is 11.6. The summed E-state index contributed by atoms with van der Waals surface area (Å²) in [4.78, 5) is 45.0. The van der Waals surface area contributed by atoms with E-state index in [1.54, 1.807) is 6.92 Å². The van der Waals surface area contributed by atoms with Gasteiger partial charge in [0, 0.05) is 13.6 Å². The molecule has 1 atom stereocenters. The minimum atomic E-state index is -1.52. The average Bonchev–Trinajstić information content (AvgIpc) is 2.34. The van der Waals surface area contributed by atoms with Crippen LogP contribution in [0.25, 0.3) is 0 Å². The Morgan fingerprint density at radius 2 is 1.85 bits per heavy atom. The number of hydrogen-bond acceptors (Lipinski definition) is 5. The molecule has 0 bridgehead atoms. The number of rotatable bonds is 8. The average molecular weight is 290 g/mol. The zero-order valence-electron chi connectivity index (χ0n) is 11.3. The molecule has 9 nitrogen and oxygen atoms in total. The van der Waals surface area contributed by atoms with Crippen molar-refractivity contribution in [3.63, 3.8) is 0 Å². The van der Waals surface area contributed by atoms with Gasteiger partial charge in [0.05, 0.1) is 19.4 Å². The fourth-order valence-electron chi connectivity index (χ4n) is 1.23. The molecule has 0 saturated heterocycles. The van der Waals surface area contributed by atoms with Crippen molar-refractivity contribution in [3.05, 3.63) is 0 Å². The Kier molecular flexibility index (Phi) is 7.71. The maximum absolute atomic E-state index is 11.6. The molecule has 0 radical (unpaired) electrons. The van der Waals surface area contributed by atoms with E-state index >= 15 is 0 Å². The van der Waals surface area contributed by atoms with Crippen LogP contribution in [0.5, 0.6) is 0 Å². The number of ether oxygens (including phenoxy) is 1. The third-order valence-electron chi connectivity index (χ3n) is 2.28. The van der Waals surface area contributed by atoms with Crippen molar-refractivity contribution in [1.82, 2.24) is 10.2 Å². The van der Waals surface area contributed by atoms with Crippen molar-refractivity contribution in [2.24, 2.45) is 0 Å². The van der Waals surface area contributed by atoms with Gasteiger partial charge in [0.15, 0.2) is 0 Å². The number of nitrogens with zero attached hydrogens (tertiary/aromatic N) is 1. The van der Waals surface area contributed by atoms with E-state index in [-0.39, 0.29) is 19.6 Å². The standard InChI is InChI=1S/C11H18N2O7/c1-3-20-9(16)4-5-13(2)11(19)12-7(10(17)18)6-8(14)15/h7H,3-6H2,1-2H3,(H,12,19)(H,14,15)(H,17,18). The number of urea groups is 1. The Morgan fingerprint density at radius 1 is 1.25 bits per heavy atom. The van der Waals surface area contributed by atoms with E-state index in [0.717, 1.165) is 4.90 Å². The second kappa shape index (κ2) is 8.73. The summed E-state index contributed by atoms with van der Waals surface area (Å²) in [7, 11) is 1.36. The van der Waals surface area contributed by atoms with Crippen LogP contribution in [0.1, 0.15) is 19.8 Å². The first kappa shape index (κ1) is 17.7. The molecule has 0 fully saturated rings. The molecule has 0 saturated carbocycles. The Labute approximate surface area is 115 Å². The monoisotopic (exact) mass is 290 g/mol. The number of aliphatic carboxylic acids is 2. The summed E-state index contributed by atoms with van der Waals surface area (Å²) >= 11 is 0. The molecule has 0 aromatic rings. The molecule has 3 N–H and O–H groups in total. The number of carbonyl (C=O) groups is 4. The third kappa shape index (κ3) is 7.19. The lowest BCUT2D eigenvalue weighted by Crippen LogP contribution is -2.48. The molecule has 1 unspecified atom stereocenters. The highest BCUT2D eigenvalue weighted by molar-refractivity contribution is 5.86. The minimum Gasteiger partial charge on any atom is -0.481 e. The molecule has 0 aromatic carbocycles. The van der Waals surface area contributed by atoms with Crippen LogP contribution in [0.3, 0.4) is 0 Å². The molecular weight excluding hydrogens is 272 g/mol. The normalized spacial score (nSPS) is 11.3. The Bertz CT molecular complexity index is 383. The molecule has 114 valence electrons. The molecule has 0 spiro atoms. The quantitative estimate of drug-likeness (QED) is 0.513. The number of carboxylic acids is 2. The van der Waals surface area contributed by atoms with Crippen LogP contribution in [0, 0.1) is 0 Å². The molecule has 2 amide bonds. The highest BCUT2D eigenvalue weighted by Crippen LogP contribution is 1.97. The molecule has 0 aliphatic rings. The fourth-order valence-corrected chi connectivity index (χ4v) is 1.23. The van der Waals surface area contributed by atoms with E-state index in [1.165, 1.54) is 7.05 Å². The highest BCUT2D eigenvalue weighted by atomic mass is 16.5. The van der Waals surface area contributed by atoms with Gasteiger partial charge in [-0.1, -0.05) is 0 Å². The molecule has 0 heterocycles. The van der Waals surface area contributed by atoms with Gasteiger partial charge < -0.3 is 25.2 Å². The van der Waals surface area contributed by atoms with E-state index in [1.807, 2.05) is 0 Å². The topological polar surface area (TPSA) is 133 Å². The molecular formula is C11H18N2O7. The van der Waals surface area contributed by atoms with Crippen LogP contribution in [0.15, 0.2) is 0 Å². The maximum Gasteiger partial charge on any atom is 0.326 e. The number of carbonyl (C=O) groups excluding carboxylic acids is 2. The first-order valence-electron chi connectivity index (χ1n) is 5.89. The Balaban J connectivity index is 4.31. The Hall–Kier alpha value is -2.32. The van der Waals surface area contributed by atoms with Crippen LogP contribution in [-0.2, 0) is 19.1 Å². The summed E-state index contributed by atoms with van der Waals surface area (Å²) in [5.74, 6) is -3.26. The lowest BCUT2D eigenvalue weighted by molar-refractivity contribution is -0.145. The highest BCUT2D eigenvalue weighted by Gasteiger charge is 2.24. The molecule has 0 aliphatic heterocycles. The summed E-state index contributed by atoms with van der Waals surface area (Å²) in [6, 6.07) is -2.30. The summed E-state index contributed by atoms with van der Waals surface area (Å²) < 4.78 is 4.67. The number of nitrogens with one attached hydrogen (secondary N) is 1. The second-order valence-electron chi connectivity index (χ2n) is 3.91. The van der Waals surface area contributed by atoms with Gasteiger partial charge >= 0.3 is 23.9 Å². The van der Waals surface area contributed by atoms with Gasteiger partial charge in [-0.25, -0.2) is 9.59 Å². The van der Waals surface area contributed by atoms with Crippen LogP contribution in [-0.4, -0.2) is 65.3 Å². The predicted molar refractivity (Wildman–Crippen MR) is 66.1 cm³/mol. The predicted octanol–water partition coefficient (Wildman–Crippen LogP) is -0.491. The molecule has 0 aliphatic carbocycles. The van der Waals surface area contributed by atoms with Crippen LogP contribution in [0.4, 0.5) is 4.79 Å². The zero-order chi connectivity index (χ0) is 15.7. The van der Waals surface area contributed by atoms with Crippen molar-refractivity contribution >= 4 is 23.9 Å². The summed E-state index contributed by atoms with van der Waals surface area (Å²) in [6.45, 7) is 1.91. The SMILES string of the molecule is CCOC(=O)CCN(C)C(=O)NC(CC(=O)O)C(=O)O. The van der Waals surface area contributed by atoms with Crippen LogP contribution >= 0.6 is 0 Å². The van der Waals surface area contributed by atoms with Crippen molar-refractivity contribution in [2.75, 3.05) is 20.2 Å². The van der Waals surface area contributed by atoms with Gasteiger partial charge in [-0.15, -0.1) is 0 Å². The zero-order valence-corrected chi connectivity index (χ0v) is 11.3. The Morgan fingerprint density at radius 3 is 2.30 bits per heavy atom. The minimum absolute atomic E-state index is 0.0318. The van der Waals surface area contributed by atoms with Crippen LogP contribution < -0.4 is 5.32 Å². The van der Waals surface area contributed by atoms with Crippen LogP contribution in [0.2, 0.25) is 0 Å². The number of amides is 2. The van der Waals surface area contributed by atoms with Gasteiger partial charge in [0.2, 0.25) is 0 Å². The van der Waals surface area contributed by atoms with E-state index in [9.17, 15) is 19.2 Å². The van der Waals surface area contributed by atoms with E-state index in [4.69, 9.17) is 10.2 Å². The van der Waals surface area contributed by atoms with Gasteiger partial charge in [-0.05, 0) is 6.92 Å². The van der Waals surface area contributed by atoms with Gasteiger partial charge in [-0.2, -0.15) is 0 Å². The van der Waals surface area contributed by atoms with Crippen molar-refractivity contribution < 1.29 is 34.1 Å². The number of esters is 1. The smallest absolute Gasteiger partial charge is 0.326 e. The molecule has 0 aromatic heterocycles. The lowest BCUT2D eigenvalue weighted by Gasteiger charge is -2.20. The molecule has 0 rings (SSSR count). The lowest BCUT2D eigenvalue weighted by atomic mass is 10.2. The van der Waals surface area contributed by atoms with Gasteiger partial charge in [0.1, 0.15) is 6.04 Å². The van der Waals surface area contributed by atoms with Gasteiger partial charge in [-0.3, -0.25) is 9.59 Å². The van der Waals surface area contributed by atoms with Crippen molar-refractivity contribution in [2.45, 2.75) is 25.8 Å². The summed E-state index contributed by atoms with van der Waals surface area (Å²) in [6.07, 6.45) is -0.763. The first-order chi connectivity index (χ1) is 9.27.